The van der Waals surface area contributed by atoms with Crippen LogP contribution in [0.2, 0.25) is 0 Å². The number of benzene rings is 1. The van der Waals surface area contributed by atoms with E-state index in [1.54, 1.807) is 33.5 Å². The Bertz CT molecular complexity index is 769. The summed E-state index contributed by atoms with van der Waals surface area (Å²) < 4.78 is 27.5. The summed E-state index contributed by atoms with van der Waals surface area (Å²) in [6, 6.07) is 6.85. The molecule has 0 spiro atoms. The summed E-state index contributed by atoms with van der Waals surface area (Å²) >= 11 is 0. The van der Waals surface area contributed by atoms with Crippen molar-refractivity contribution in [3.05, 3.63) is 29.8 Å². The van der Waals surface area contributed by atoms with Crippen LogP contribution in [-0.4, -0.2) is 57.4 Å². The maximum Gasteiger partial charge on any atom is 0.251 e. The van der Waals surface area contributed by atoms with Crippen LogP contribution in [0.3, 0.4) is 0 Å². The maximum atomic E-state index is 13.0. The van der Waals surface area contributed by atoms with Crippen LogP contribution in [-0.2, 0) is 10.0 Å². The Balaban J connectivity index is 1.63. The first-order chi connectivity index (χ1) is 13.3. The van der Waals surface area contributed by atoms with Gasteiger partial charge in [-0.2, -0.15) is 4.31 Å². The van der Waals surface area contributed by atoms with Gasteiger partial charge in [-0.15, -0.1) is 0 Å². The van der Waals surface area contributed by atoms with E-state index in [0.29, 0.717) is 43.1 Å². The van der Waals surface area contributed by atoms with E-state index >= 15 is 0 Å². The van der Waals surface area contributed by atoms with Crippen molar-refractivity contribution in [1.29, 1.82) is 0 Å². The van der Waals surface area contributed by atoms with Crippen LogP contribution in [0, 0.1) is 11.8 Å². The van der Waals surface area contributed by atoms with Crippen molar-refractivity contribution in [2.45, 2.75) is 51.0 Å². The molecule has 2 saturated heterocycles. The van der Waals surface area contributed by atoms with Crippen LogP contribution >= 0.6 is 0 Å². The third-order valence-corrected chi connectivity index (χ3v) is 8.03. The van der Waals surface area contributed by atoms with Gasteiger partial charge in [0.1, 0.15) is 6.04 Å². The zero-order valence-corrected chi connectivity index (χ0v) is 18.1. The van der Waals surface area contributed by atoms with E-state index in [2.05, 4.69) is 26.1 Å². The Kier molecular flexibility index (Phi) is 6.78. The second kappa shape index (κ2) is 8.93. The molecule has 2 aliphatic rings. The molecular weight excluding hydrogens is 374 g/mol. The molecule has 156 valence electrons. The van der Waals surface area contributed by atoms with Crippen molar-refractivity contribution in [2.24, 2.45) is 11.8 Å². The van der Waals surface area contributed by atoms with Crippen molar-refractivity contribution in [3.63, 3.8) is 0 Å². The summed E-state index contributed by atoms with van der Waals surface area (Å²) in [4.78, 5) is 14.3. The highest BCUT2D eigenvalue weighted by atomic mass is 32.2. The van der Waals surface area contributed by atoms with Crippen LogP contribution in [0.5, 0.6) is 0 Å². The largest absolute Gasteiger partial charge is 0.346 e. The van der Waals surface area contributed by atoms with E-state index in [-0.39, 0.29) is 10.8 Å². The van der Waals surface area contributed by atoms with Crippen molar-refractivity contribution in [2.75, 3.05) is 32.7 Å². The fraction of sp³-hybridized carbons (Fsp3) is 0.667. The minimum atomic E-state index is -3.51. The highest BCUT2D eigenvalue weighted by molar-refractivity contribution is 7.89. The monoisotopic (exact) mass is 408 g/mol. The maximum absolute atomic E-state index is 13.0. The van der Waals surface area contributed by atoms with E-state index < -0.39 is 10.0 Å². The van der Waals surface area contributed by atoms with E-state index in [1.165, 1.54) is 13.0 Å². The molecule has 1 aromatic carbocycles. The number of hydrogen-bond acceptors (Lipinski definition) is 3. The molecule has 0 bridgehead atoms. The summed E-state index contributed by atoms with van der Waals surface area (Å²) in [5.74, 6) is 0.597. The third-order valence-electron chi connectivity index (χ3n) is 6.18. The molecule has 0 aromatic heterocycles. The number of amides is 1. The number of likely N-dealkylation sites (N-methyl/N-ethyl adjacent to an activating group) is 1. The van der Waals surface area contributed by atoms with Gasteiger partial charge in [0.15, 0.2) is 0 Å². The lowest BCUT2D eigenvalue weighted by Gasteiger charge is -2.34. The molecule has 0 radical (unpaired) electrons. The van der Waals surface area contributed by atoms with Gasteiger partial charge in [0.25, 0.3) is 5.91 Å². The number of nitrogens with one attached hydrogen (secondary N) is 2. The lowest BCUT2D eigenvalue weighted by Crippen LogP contribution is -3.14. The Morgan fingerprint density at radius 3 is 2.43 bits per heavy atom. The first kappa shape index (κ1) is 21.3. The molecule has 6 nitrogen and oxygen atoms in total. The lowest BCUT2D eigenvalue weighted by molar-refractivity contribution is -0.909. The molecule has 2 aliphatic heterocycles. The van der Waals surface area contributed by atoms with Crippen molar-refractivity contribution >= 4 is 15.9 Å². The zero-order valence-electron chi connectivity index (χ0n) is 17.3. The lowest BCUT2D eigenvalue weighted by atomic mass is 9.94. The molecule has 2 fully saturated rings. The molecule has 28 heavy (non-hydrogen) atoms. The number of sulfonamides is 1. The molecule has 4 atom stereocenters. The van der Waals surface area contributed by atoms with Gasteiger partial charge in [-0.3, -0.25) is 4.79 Å². The fourth-order valence-corrected chi connectivity index (χ4v) is 6.42. The summed E-state index contributed by atoms with van der Waals surface area (Å²) in [7, 11) is -3.51. The van der Waals surface area contributed by atoms with Gasteiger partial charge in [-0.25, -0.2) is 8.42 Å². The minimum absolute atomic E-state index is 0.133. The van der Waals surface area contributed by atoms with Crippen LogP contribution in [0.15, 0.2) is 29.2 Å². The summed E-state index contributed by atoms with van der Waals surface area (Å²) in [6.45, 7) is 10.4. The molecule has 0 saturated carbocycles. The topological polar surface area (TPSA) is 70.9 Å². The molecule has 2 heterocycles. The number of nitrogens with zero attached hydrogens (tertiary/aromatic N) is 1. The van der Waals surface area contributed by atoms with Crippen molar-refractivity contribution in [1.82, 2.24) is 9.62 Å². The Morgan fingerprint density at radius 2 is 1.82 bits per heavy atom. The first-order valence-electron chi connectivity index (χ1n) is 10.5. The second-order valence-electron chi connectivity index (χ2n) is 8.60. The van der Waals surface area contributed by atoms with E-state index in [0.717, 1.165) is 19.4 Å². The number of carbonyl (C=O) groups excluding carboxylic acids is 1. The number of carbonyl (C=O) groups is 1. The quantitative estimate of drug-likeness (QED) is 0.742. The van der Waals surface area contributed by atoms with Crippen molar-refractivity contribution < 1.29 is 18.1 Å². The predicted octanol–water partition coefficient (Wildman–Crippen LogP) is 1.15. The van der Waals surface area contributed by atoms with Gasteiger partial charge in [-0.05, 0) is 49.4 Å². The Hall–Kier alpha value is -1.44. The molecule has 1 aromatic rings. The standard InChI is InChI=1S/C21H33N3O3S/c1-4-23-11-5-6-19(23)13-22-21(25)18-7-9-20(10-8-18)28(26,27)24-14-16(2)12-17(3)15-24/h7-10,16-17,19H,4-6,11-15H2,1-3H3,(H,22,25)/p+1/t16-,17+,19-/m0/s1. The van der Waals surface area contributed by atoms with Gasteiger partial charge in [0.05, 0.1) is 24.5 Å². The number of rotatable bonds is 6. The molecule has 2 N–H and O–H groups in total. The summed E-state index contributed by atoms with van der Waals surface area (Å²) in [5, 5.41) is 3.02. The average Bonchev–Trinajstić information content (AvgIpc) is 3.13. The van der Waals surface area contributed by atoms with Gasteiger partial charge < -0.3 is 10.2 Å². The van der Waals surface area contributed by atoms with Gasteiger partial charge in [0, 0.05) is 31.5 Å². The van der Waals surface area contributed by atoms with Crippen LogP contribution in [0.25, 0.3) is 0 Å². The first-order valence-corrected chi connectivity index (χ1v) is 12.0. The normalized spacial score (nSPS) is 29.0. The van der Waals surface area contributed by atoms with Gasteiger partial charge >= 0.3 is 0 Å². The number of likely N-dealkylation sites (tertiary alicyclic amines) is 1. The molecule has 1 unspecified atom stereocenters. The highest BCUT2D eigenvalue weighted by Gasteiger charge is 2.32. The molecular formula is C21H34N3O3S+. The highest BCUT2D eigenvalue weighted by Crippen LogP contribution is 2.26. The zero-order chi connectivity index (χ0) is 20.3. The van der Waals surface area contributed by atoms with Crippen molar-refractivity contribution in [3.8, 4) is 0 Å². The van der Waals surface area contributed by atoms with E-state index in [1.807, 2.05) is 0 Å². The average molecular weight is 409 g/mol. The summed E-state index contributed by atoms with van der Waals surface area (Å²) in [6.07, 6.45) is 3.42. The predicted molar refractivity (Wildman–Crippen MR) is 110 cm³/mol. The van der Waals surface area contributed by atoms with Crippen LogP contribution in [0.1, 0.15) is 50.4 Å². The van der Waals surface area contributed by atoms with E-state index in [4.69, 9.17) is 0 Å². The Morgan fingerprint density at radius 1 is 1.18 bits per heavy atom. The third kappa shape index (κ3) is 4.75. The molecule has 0 aliphatic carbocycles. The number of quaternary nitrogens is 1. The van der Waals surface area contributed by atoms with Crippen LogP contribution < -0.4 is 10.2 Å². The summed E-state index contributed by atoms with van der Waals surface area (Å²) in [5.41, 5.74) is 0.510. The van der Waals surface area contributed by atoms with Gasteiger partial charge in [0.2, 0.25) is 10.0 Å². The second-order valence-corrected chi connectivity index (χ2v) is 10.5. The fourth-order valence-electron chi connectivity index (χ4n) is 4.74. The number of hydrogen-bond donors (Lipinski definition) is 2. The molecule has 7 heteroatoms. The molecule has 1 amide bonds. The minimum Gasteiger partial charge on any atom is -0.346 e. The smallest absolute Gasteiger partial charge is 0.251 e. The van der Waals surface area contributed by atoms with Crippen LogP contribution in [0.4, 0.5) is 0 Å². The number of piperidine rings is 1. The SMILES string of the molecule is CC[NH+]1CCC[C@H]1CNC(=O)c1ccc(S(=O)(=O)N2C[C@H](C)C[C@H](C)C2)cc1. The van der Waals surface area contributed by atoms with Gasteiger partial charge in [-0.1, -0.05) is 13.8 Å². The van der Waals surface area contributed by atoms with E-state index in [9.17, 15) is 13.2 Å². The molecule has 3 rings (SSSR count). The Labute approximate surface area is 169 Å².